The van der Waals surface area contributed by atoms with E-state index < -0.39 is 5.54 Å². The molecule has 8 nitrogen and oxygen atoms in total. The van der Waals surface area contributed by atoms with Crippen molar-refractivity contribution in [2.24, 2.45) is 0 Å². The molecule has 3 atom stereocenters. The molecule has 0 radical (unpaired) electrons. The summed E-state index contributed by atoms with van der Waals surface area (Å²) in [5.74, 6) is 0.446. The Kier molecular flexibility index (Phi) is 7.88. The van der Waals surface area contributed by atoms with Crippen molar-refractivity contribution in [3.63, 3.8) is 0 Å². The van der Waals surface area contributed by atoms with Crippen molar-refractivity contribution in [2.45, 2.75) is 68.7 Å². The third-order valence-electron chi connectivity index (χ3n) is 7.34. The Morgan fingerprint density at radius 1 is 1.24 bits per heavy atom. The molecule has 1 aromatic carbocycles. The van der Waals surface area contributed by atoms with E-state index in [2.05, 4.69) is 41.0 Å². The number of nitrogens with zero attached hydrogens (tertiary/aromatic N) is 1. The number of carbonyl (C=O) groups excluding carboxylic acids is 2. The highest BCUT2D eigenvalue weighted by Crippen LogP contribution is 2.38. The van der Waals surface area contributed by atoms with Crippen molar-refractivity contribution >= 4 is 11.9 Å². The van der Waals surface area contributed by atoms with Gasteiger partial charge in [0.25, 0.3) is 0 Å². The summed E-state index contributed by atoms with van der Waals surface area (Å²) in [4.78, 5) is 27.1. The topological polar surface area (TPSA) is 89.1 Å². The lowest BCUT2D eigenvalue weighted by atomic mass is 9.82. The van der Waals surface area contributed by atoms with Gasteiger partial charge in [-0.1, -0.05) is 30.3 Å². The molecule has 0 bridgehead atoms. The molecule has 3 aliphatic rings. The van der Waals surface area contributed by atoms with E-state index in [-0.39, 0.29) is 36.7 Å². The Balaban J connectivity index is 1.40. The van der Waals surface area contributed by atoms with Gasteiger partial charge in [-0.3, -0.25) is 4.79 Å². The number of rotatable bonds is 7. The second-order valence-electron chi connectivity index (χ2n) is 9.62. The summed E-state index contributed by atoms with van der Waals surface area (Å²) in [6, 6.07) is 10.2. The van der Waals surface area contributed by atoms with Gasteiger partial charge in [-0.15, -0.1) is 0 Å². The zero-order valence-electron chi connectivity index (χ0n) is 19.8. The smallest absolute Gasteiger partial charge is 0.318 e. The van der Waals surface area contributed by atoms with E-state index in [4.69, 9.17) is 14.2 Å². The molecule has 1 aromatic rings. The minimum atomic E-state index is -0.616. The minimum Gasteiger partial charge on any atom is -0.383 e. The van der Waals surface area contributed by atoms with Gasteiger partial charge in [0.15, 0.2) is 0 Å². The van der Waals surface area contributed by atoms with Crippen LogP contribution in [-0.2, 0) is 19.0 Å². The second-order valence-corrected chi connectivity index (χ2v) is 9.62. The summed E-state index contributed by atoms with van der Waals surface area (Å²) in [5.41, 5.74) is 0.787. The fourth-order valence-electron chi connectivity index (χ4n) is 5.75. The number of carbonyl (C=O) groups is 2. The molecule has 0 unspecified atom stereocenters. The molecular formula is C25H37N3O5. The molecule has 2 saturated heterocycles. The first-order valence-electron chi connectivity index (χ1n) is 12.1. The first kappa shape index (κ1) is 24.0. The highest BCUT2D eigenvalue weighted by atomic mass is 16.5. The number of urea groups is 1. The van der Waals surface area contributed by atoms with E-state index in [1.165, 1.54) is 5.56 Å². The maximum absolute atomic E-state index is 13.0. The average Bonchev–Trinajstić information content (AvgIpc) is 3.08. The molecule has 1 spiro atoms. The second kappa shape index (κ2) is 10.8. The summed E-state index contributed by atoms with van der Waals surface area (Å²) in [6.45, 7) is 3.74. The highest BCUT2D eigenvalue weighted by molar-refractivity contribution is 5.80. The third kappa shape index (κ3) is 5.50. The fourth-order valence-corrected chi connectivity index (χ4v) is 5.75. The number of amides is 3. The molecule has 182 valence electrons. The lowest BCUT2D eigenvalue weighted by Crippen LogP contribution is -2.65. The lowest BCUT2D eigenvalue weighted by molar-refractivity contribution is -0.137. The van der Waals surface area contributed by atoms with E-state index in [1.807, 2.05) is 11.8 Å². The van der Waals surface area contributed by atoms with E-state index >= 15 is 0 Å². The maximum Gasteiger partial charge on any atom is 0.318 e. The predicted octanol–water partition coefficient (Wildman–Crippen LogP) is 2.43. The van der Waals surface area contributed by atoms with E-state index in [0.717, 1.165) is 25.7 Å². The monoisotopic (exact) mass is 459 g/mol. The average molecular weight is 460 g/mol. The van der Waals surface area contributed by atoms with Gasteiger partial charge in [0.2, 0.25) is 5.91 Å². The van der Waals surface area contributed by atoms with Gasteiger partial charge in [0.1, 0.15) is 6.61 Å². The number of methoxy groups -OCH3 is 1. The van der Waals surface area contributed by atoms with Crippen LogP contribution < -0.4 is 10.6 Å². The van der Waals surface area contributed by atoms with Crippen molar-refractivity contribution in [2.75, 3.05) is 40.1 Å². The third-order valence-corrected chi connectivity index (χ3v) is 7.34. The van der Waals surface area contributed by atoms with Gasteiger partial charge in [0.05, 0.1) is 37.5 Å². The van der Waals surface area contributed by atoms with Crippen molar-refractivity contribution in [1.29, 1.82) is 0 Å². The summed E-state index contributed by atoms with van der Waals surface area (Å²) < 4.78 is 17.1. The summed E-state index contributed by atoms with van der Waals surface area (Å²) >= 11 is 0. The Bertz CT molecular complexity index is 798. The van der Waals surface area contributed by atoms with Gasteiger partial charge in [-0.05, 0) is 50.5 Å². The van der Waals surface area contributed by atoms with Gasteiger partial charge < -0.3 is 29.7 Å². The number of nitrogens with one attached hydrogen (secondary N) is 2. The molecule has 8 heteroatoms. The van der Waals surface area contributed by atoms with Gasteiger partial charge in [-0.2, -0.15) is 0 Å². The van der Waals surface area contributed by atoms with E-state index in [0.29, 0.717) is 38.7 Å². The van der Waals surface area contributed by atoms with Crippen LogP contribution in [0.3, 0.4) is 0 Å². The number of hydrogen-bond donors (Lipinski definition) is 2. The number of morpholine rings is 1. The predicted molar refractivity (Wildman–Crippen MR) is 124 cm³/mol. The molecule has 4 rings (SSSR count). The zero-order chi connectivity index (χ0) is 23.3. The number of ether oxygens (including phenoxy) is 3. The van der Waals surface area contributed by atoms with Crippen molar-refractivity contribution < 1.29 is 23.8 Å². The largest absolute Gasteiger partial charge is 0.383 e. The molecule has 3 amide bonds. The number of likely N-dealkylation sites (tertiary alicyclic amines) is 1. The summed E-state index contributed by atoms with van der Waals surface area (Å²) in [6.07, 6.45) is 5.00. The maximum atomic E-state index is 13.0. The Labute approximate surface area is 196 Å². The van der Waals surface area contributed by atoms with Crippen molar-refractivity contribution in [3.05, 3.63) is 35.9 Å². The van der Waals surface area contributed by atoms with Crippen molar-refractivity contribution in [1.82, 2.24) is 15.5 Å². The standard InChI is InChI=1S/C25H37N3O5/c1-18-14-25(17-32-16-23(29)27-25)22(28(18)24(30)26-12-13-31-2)15-33-21-10-8-20(9-11-21)19-6-4-3-5-7-19/h3-7,18,20-22H,8-17H2,1-2H3,(H,26,30)(H,27,29)/t18-,20-,21+,22+,25-/m1/s1. The van der Waals surface area contributed by atoms with Crippen LogP contribution in [0.25, 0.3) is 0 Å². The molecule has 1 saturated carbocycles. The van der Waals surface area contributed by atoms with Crippen LogP contribution in [0.2, 0.25) is 0 Å². The lowest BCUT2D eigenvalue weighted by Gasteiger charge is -2.41. The summed E-state index contributed by atoms with van der Waals surface area (Å²) in [5, 5.41) is 6.08. The highest BCUT2D eigenvalue weighted by Gasteiger charge is 2.55. The van der Waals surface area contributed by atoms with Crippen LogP contribution in [0.1, 0.15) is 50.5 Å². The molecule has 2 aliphatic heterocycles. The van der Waals surface area contributed by atoms with Crippen LogP contribution in [-0.4, -0.2) is 80.6 Å². The first-order valence-corrected chi connectivity index (χ1v) is 12.1. The van der Waals surface area contributed by atoms with Crippen LogP contribution >= 0.6 is 0 Å². The Hall–Kier alpha value is -2.16. The van der Waals surface area contributed by atoms with Crippen LogP contribution in [0, 0.1) is 0 Å². The molecule has 1 aliphatic carbocycles. The fraction of sp³-hybridized carbons (Fsp3) is 0.680. The Morgan fingerprint density at radius 2 is 2.00 bits per heavy atom. The molecule has 33 heavy (non-hydrogen) atoms. The zero-order valence-corrected chi connectivity index (χ0v) is 19.8. The molecule has 2 N–H and O–H groups in total. The normalized spacial score (nSPS) is 32.1. The van der Waals surface area contributed by atoms with E-state index in [9.17, 15) is 9.59 Å². The van der Waals surface area contributed by atoms with Gasteiger partial charge in [0, 0.05) is 19.7 Å². The minimum absolute atomic E-state index is 0.0445. The van der Waals surface area contributed by atoms with Crippen LogP contribution in [0.5, 0.6) is 0 Å². The SMILES string of the molecule is COCCNC(=O)N1[C@H](C)C[C@@]2(COCC(=O)N2)[C@@H]1CO[C@H]1CC[C@@H](c2ccccc2)CC1. The number of hydrogen-bond acceptors (Lipinski definition) is 5. The van der Waals surface area contributed by atoms with E-state index in [1.54, 1.807) is 7.11 Å². The number of benzene rings is 1. The molecular weight excluding hydrogens is 422 g/mol. The molecule has 3 fully saturated rings. The van der Waals surface area contributed by atoms with Crippen LogP contribution in [0.15, 0.2) is 30.3 Å². The van der Waals surface area contributed by atoms with Crippen LogP contribution in [0.4, 0.5) is 4.79 Å². The van der Waals surface area contributed by atoms with Gasteiger partial charge in [-0.25, -0.2) is 4.79 Å². The Morgan fingerprint density at radius 3 is 2.70 bits per heavy atom. The first-order chi connectivity index (χ1) is 16.0. The molecule has 2 heterocycles. The quantitative estimate of drug-likeness (QED) is 0.612. The summed E-state index contributed by atoms with van der Waals surface area (Å²) in [7, 11) is 1.61. The molecule has 0 aromatic heterocycles. The van der Waals surface area contributed by atoms with Crippen molar-refractivity contribution in [3.8, 4) is 0 Å². The van der Waals surface area contributed by atoms with Gasteiger partial charge >= 0.3 is 6.03 Å².